The molecule has 17 nitrogen and oxygen atoms in total. The van der Waals surface area contributed by atoms with Gasteiger partial charge in [-0.25, -0.2) is 0 Å². The number of Topliss-reactive ketones (excluding diaryl/α,β-unsaturated/α-hetero) is 2. The molecule has 14 N–H and O–H groups in total. The van der Waals surface area contributed by atoms with Crippen molar-refractivity contribution in [2.75, 3.05) is 45.7 Å². The maximum atomic E-state index is 16.0. The number of aromatic hydroxyl groups is 3. The maximum absolute atomic E-state index is 16.0. The van der Waals surface area contributed by atoms with Gasteiger partial charge >= 0.3 is 0 Å². The van der Waals surface area contributed by atoms with Crippen LogP contribution in [0.1, 0.15) is 146 Å². The standard InChI is InChI=1S/C83H99N5O12/c1-47-43-85-45-63(90)35-55-17-16-50-18-21-60(40-71(50)79(55)94)88-77-39-54(26-28-86-77)78-58-32-51-19-23-67(66-14-7-6-13-64(66)56-31-53(25-27-83(78,99)46-84-2)68(72(37-56)82(97)98)30-49-11-8-12-62(89)29-49)69-42-75(93)76(100-3)38-52(69)20-24-73(91)81(96)80(95)70(51)36-57(33-58)65(22-15-48-9-4-5-10-48)74(92)41-61-34-59(47)44-87-61/h6-8,11-14,16-18,21,26,29,34,38-40,42,44,47-48,51,53,56-58,63,65,67-68,70,72,74,78,81-82,84-90,92-94,96-99H,4-5,9-10,15,20,22,24,28,30-33,35-37,41,43,45-46H2,1-3H3/t47-,51+,53+,56+,57+,58-,63-,65+,67-,68-,70-,72-,74-,78-,81+,83-/m1/s1. The molecule has 1 aromatic heterocycles. The van der Waals surface area contributed by atoms with Gasteiger partial charge in [-0.15, -0.1) is 0 Å². The Morgan fingerprint density at radius 3 is 2.37 bits per heavy atom. The van der Waals surface area contributed by atoms with Gasteiger partial charge in [0.1, 0.15) is 22.9 Å². The third-order valence-electron chi connectivity index (χ3n) is 23.7. The van der Waals surface area contributed by atoms with Gasteiger partial charge in [-0.2, -0.15) is 0 Å². The average Bonchev–Trinajstić information content (AvgIpc) is 1.37. The van der Waals surface area contributed by atoms with Gasteiger partial charge in [0, 0.05) is 98.0 Å². The predicted molar refractivity (Wildman–Crippen MR) is 385 cm³/mol. The Bertz CT molecular complexity index is 4150. The lowest BCUT2D eigenvalue weighted by Gasteiger charge is -2.43. The Labute approximate surface area is 587 Å². The second-order valence-corrected chi connectivity index (χ2v) is 30.2. The second kappa shape index (κ2) is 30.7. The highest BCUT2D eigenvalue weighted by Crippen LogP contribution is 2.53. The number of hydrogen-bond donors (Lipinski definition) is 14. The monoisotopic (exact) mass is 1360 g/mol. The lowest BCUT2D eigenvalue weighted by atomic mass is 9.63. The number of aliphatic hydroxyl groups excluding tert-OH is 4. The molecule has 13 rings (SSSR count). The van der Waals surface area contributed by atoms with Gasteiger partial charge in [-0.05, 0) is 198 Å². The fourth-order valence-corrected chi connectivity index (χ4v) is 18.6. The summed E-state index contributed by atoms with van der Waals surface area (Å²) in [6.07, 6.45) is 8.40. The van der Waals surface area contributed by atoms with Crippen LogP contribution in [0.5, 0.6) is 23.0 Å². The fraction of sp³-hybridized carbons (Fsp3) is 0.494. The van der Waals surface area contributed by atoms with Gasteiger partial charge in [-0.3, -0.25) is 9.59 Å². The van der Waals surface area contributed by atoms with Crippen molar-refractivity contribution < 1.29 is 60.3 Å². The third-order valence-corrected chi connectivity index (χ3v) is 23.7. The molecule has 3 saturated carbocycles. The van der Waals surface area contributed by atoms with Gasteiger partial charge in [0.2, 0.25) is 0 Å². The van der Waals surface area contributed by atoms with Crippen LogP contribution in [0.25, 0.3) is 10.8 Å². The van der Waals surface area contributed by atoms with E-state index in [0.717, 1.165) is 71.0 Å². The van der Waals surface area contributed by atoms with E-state index in [2.05, 4.69) is 69.0 Å². The first-order valence-electron chi connectivity index (χ1n) is 36.5. The number of ketones is 2. The third kappa shape index (κ3) is 15.3. The molecular weight excluding hydrogens is 1260 g/mol. The van der Waals surface area contributed by atoms with Gasteiger partial charge in [0.15, 0.2) is 35.5 Å². The number of ether oxygens (including phenoxy) is 1. The molecule has 7 aliphatic rings. The van der Waals surface area contributed by atoms with Crippen molar-refractivity contribution in [3.05, 3.63) is 171 Å². The number of aromatic amines is 1. The number of rotatable bonds is 9. The van der Waals surface area contributed by atoms with Crippen LogP contribution in [-0.2, 0) is 35.3 Å². The number of methoxy groups -OCH3 is 1. The molecule has 6 aromatic rings. The SMILES string of the molecule is CNC[C@]1(O)C#C[C@H]2C[C@@H](C[C@@H](C(O)O)[C@@H]2Cc2cccc(O)c2)c2ccccc2[C@H]2C#C[C@H]3C[C@@H]4C[C@@H](C[C@H]3C(=O)[C@@H](O)C(=O)CCc3cc(OC)c(O)cc32)[C@H](CCC2CCCC2)[C@H](O)Cc2cc(c[nH]2)[C@H](C)CNC[C@H](O)Cc2ccc3ccc(cc3c2O)NC2=CC(=CCN2)[C@H]41. The Morgan fingerprint density at radius 2 is 1.58 bits per heavy atom. The highest BCUT2D eigenvalue weighted by Gasteiger charge is 2.51. The molecule has 13 bridgehead atoms. The zero-order chi connectivity index (χ0) is 69.9. The summed E-state index contributed by atoms with van der Waals surface area (Å²) in [5, 5.41) is 126. The molecular formula is C83H99N5O12. The van der Waals surface area contributed by atoms with Crippen molar-refractivity contribution in [3.63, 3.8) is 0 Å². The van der Waals surface area contributed by atoms with E-state index in [9.17, 15) is 50.8 Å². The Balaban J connectivity index is 1.07. The molecule has 3 heterocycles. The molecule has 0 radical (unpaired) electrons. The largest absolute Gasteiger partial charge is 0.508 e. The normalized spacial score (nSPS) is 30.6. The molecule has 2 aliphatic heterocycles. The van der Waals surface area contributed by atoms with Gasteiger partial charge < -0.3 is 76.9 Å². The molecule has 16 atom stereocenters. The quantitative estimate of drug-likeness (QED) is 0.0364. The highest BCUT2D eigenvalue weighted by atomic mass is 16.5. The molecule has 17 heteroatoms. The fourth-order valence-electron chi connectivity index (χ4n) is 18.6. The zero-order valence-electron chi connectivity index (χ0n) is 57.7. The minimum absolute atomic E-state index is 0.00806. The van der Waals surface area contributed by atoms with Crippen molar-refractivity contribution in [2.24, 2.45) is 59.2 Å². The van der Waals surface area contributed by atoms with Crippen molar-refractivity contribution in [2.45, 2.75) is 158 Å². The Hall–Kier alpha value is -7.94. The Kier molecular flexibility index (Phi) is 21.7. The van der Waals surface area contributed by atoms with Crippen LogP contribution >= 0.6 is 0 Å². The number of nitrogens with one attached hydrogen (secondary N) is 5. The number of fused-ring (bicyclic) bond motifs is 15. The molecule has 0 saturated heterocycles. The summed E-state index contributed by atoms with van der Waals surface area (Å²) in [5.74, 6) is 7.52. The number of benzene rings is 5. The smallest absolute Gasteiger partial charge is 0.173 e. The number of allylic oxidation sites excluding steroid dienone is 1. The number of aromatic nitrogens is 1. The predicted octanol–water partition coefficient (Wildman–Crippen LogP) is 9.67. The van der Waals surface area contributed by atoms with Crippen molar-refractivity contribution in [3.8, 4) is 46.7 Å². The summed E-state index contributed by atoms with van der Waals surface area (Å²) in [6, 6.07) is 29.9. The van der Waals surface area contributed by atoms with E-state index in [1.807, 2.05) is 72.9 Å². The van der Waals surface area contributed by atoms with E-state index in [4.69, 9.17) is 4.74 Å². The first-order valence-corrected chi connectivity index (χ1v) is 36.5. The highest BCUT2D eigenvalue weighted by molar-refractivity contribution is 6.06. The molecule has 5 aromatic carbocycles. The number of anilines is 1. The molecule has 5 aliphatic carbocycles. The maximum Gasteiger partial charge on any atom is 0.173 e. The molecule has 100 heavy (non-hydrogen) atoms. The summed E-state index contributed by atoms with van der Waals surface area (Å²) in [5.41, 5.74) is 5.55. The van der Waals surface area contributed by atoms with Crippen molar-refractivity contribution in [1.82, 2.24) is 20.9 Å². The summed E-state index contributed by atoms with van der Waals surface area (Å²) in [6.45, 7) is 3.20. The number of aliphatic hydroxyl groups is 6. The van der Waals surface area contributed by atoms with E-state index in [1.165, 1.54) is 7.11 Å². The number of phenols is 3. The summed E-state index contributed by atoms with van der Waals surface area (Å²) < 4.78 is 5.72. The van der Waals surface area contributed by atoms with E-state index < -0.39 is 101 Å². The molecule has 0 spiro atoms. The first-order chi connectivity index (χ1) is 48.3. The minimum Gasteiger partial charge on any atom is -0.508 e. The summed E-state index contributed by atoms with van der Waals surface area (Å²) >= 11 is 0. The Morgan fingerprint density at radius 1 is 0.770 bits per heavy atom. The number of β-amino-alcohol motifs (C(OH)–C–C–N with tert-alkyl or cyclic N) is 1. The van der Waals surface area contributed by atoms with E-state index >= 15 is 4.79 Å². The van der Waals surface area contributed by atoms with Crippen LogP contribution in [0.3, 0.4) is 0 Å². The van der Waals surface area contributed by atoms with Crippen LogP contribution in [0.4, 0.5) is 5.69 Å². The number of hydrogen-bond acceptors (Lipinski definition) is 16. The topological polar surface area (TPSA) is 289 Å². The van der Waals surface area contributed by atoms with Crippen LogP contribution in [0.15, 0.2) is 127 Å². The molecule has 0 amide bonds. The van der Waals surface area contributed by atoms with E-state index in [1.54, 1.807) is 37.4 Å². The number of dihydropyridines is 1. The van der Waals surface area contributed by atoms with Gasteiger partial charge in [0.05, 0.1) is 25.2 Å². The lowest BCUT2D eigenvalue weighted by molar-refractivity contribution is -0.142. The first kappa shape index (κ1) is 70.5. The number of carbonyl (C=O) groups excluding carboxylic acids is 2. The second-order valence-electron chi connectivity index (χ2n) is 30.2. The van der Waals surface area contributed by atoms with E-state index in [0.29, 0.717) is 84.7 Å². The van der Waals surface area contributed by atoms with Crippen molar-refractivity contribution >= 4 is 28.0 Å². The number of likely N-dealkylation sites (N-methyl/N-ethyl adjacent to an activating group) is 1. The molecule has 0 unspecified atom stereocenters. The summed E-state index contributed by atoms with van der Waals surface area (Å²) in [4.78, 5) is 34.4. The van der Waals surface area contributed by atoms with Crippen LogP contribution in [0.2, 0.25) is 0 Å². The summed E-state index contributed by atoms with van der Waals surface area (Å²) in [7, 11) is 3.23. The number of aryl methyl sites for hydroxylation is 1. The van der Waals surface area contributed by atoms with Crippen molar-refractivity contribution in [1.29, 1.82) is 0 Å². The van der Waals surface area contributed by atoms with Crippen LogP contribution < -0.4 is 26.0 Å². The lowest BCUT2D eigenvalue weighted by Crippen LogP contribution is -2.50. The zero-order valence-corrected chi connectivity index (χ0v) is 57.7. The average molecular weight is 1360 g/mol. The van der Waals surface area contributed by atoms with Gasteiger partial charge in [0.25, 0.3) is 0 Å². The van der Waals surface area contributed by atoms with Gasteiger partial charge in [-0.1, -0.05) is 123 Å². The number of carbonyl (C=O) groups is 2. The minimum atomic E-state index is -2.01. The van der Waals surface area contributed by atoms with Crippen LogP contribution in [-0.4, -0.2) is 133 Å². The van der Waals surface area contributed by atoms with Crippen LogP contribution in [0, 0.1) is 82.9 Å². The molecule has 528 valence electrons. The molecule has 3 fully saturated rings. The number of H-pyrrole nitrogens is 1. The number of phenolic OH excluding ortho intramolecular Hbond substituents is 3. The van der Waals surface area contributed by atoms with E-state index in [-0.39, 0.29) is 86.4 Å².